The minimum absolute atomic E-state index is 0.206. The van der Waals surface area contributed by atoms with Crippen LogP contribution in [0.4, 0.5) is 0 Å². The van der Waals surface area contributed by atoms with E-state index in [0.717, 1.165) is 26.1 Å². The van der Waals surface area contributed by atoms with Crippen molar-refractivity contribution in [3.63, 3.8) is 0 Å². The van der Waals surface area contributed by atoms with Crippen molar-refractivity contribution in [1.29, 1.82) is 0 Å². The van der Waals surface area contributed by atoms with Gasteiger partial charge in [0.25, 0.3) is 0 Å². The molecule has 1 aliphatic heterocycles. The number of ether oxygens (including phenoxy) is 1. The van der Waals surface area contributed by atoms with Crippen LogP contribution >= 0.6 is 0 Å². The highest BCUT2D eigenvalue weighted by Crippen LogP contribution is 2.28. The fourth-order valence-corrected chi connectivity index (χ4v) is 2.50. The van der Waals surface area contributed by atoms with Crippen molar-refractivity contribution >= 4 is 5.97 Å². The average molecular weight is 243 g/mol. The van der Waals surface area contributed by atoms with E-state index in [9.17, 15) is 9.90 Å². The van der Waals surface area contributed by atoms with Crippen molar-refractivity contribution in [1.82, 2.24) is 4.90 Å². The minimum atomic E-state index is -0.666. The Morgan fingerprint density at radius 1 is 1.47 bits per heavy atom. The van der Waals surface area contributed by atoms with Crippen LogP contribution in [-0.4, -0.2) is 48.3 Å². The molecule has 100 valence electrons. The molecule has 1 atom stereocenters. The molecule has 1 unspecified atom stereocenters. The van der Waals surface area contributed by atoms with Crippen LogP contribution in [0.5, 0.6) is 0 Å². The van der Waals surface area contributed by atoms with Crippen molar-refractivity contribution in [3.05, 3.63) is 0 Å². The predicted octanol–water partition coefficient (Wildman–Crippen LogP) is 1.99. The Balaban J connectivity index is 2.68. The quantitative estimate of drug-likeness (QED) is 0.802. The van der Waals surface area contributed by atoms with Gasteiger partial charge in [-0.1, -0.05) is 13.8 Å². The Morgan fingerprint density at radius 2 is 2.12 bits per heavy atom. The van der Waals surface area contributed by atoms with Crippen molar-refractivity contribution < 1.29 is 14.6 Å². The lowest BCUT2D eigenvalue weighted by Gasteiger charge is -2.33. The minimum Gasteiger partial charge on any atom is -0.481 e. The van der Waals surface area contributed by atoms with Gasteiger partial charge in [0, 0.05) is 26.2 Å². The second kappa shape index (κ2) is 6.36. The SMILES string of the molecule is CCC(CC)(CN1CCCOC(C)C1)C(=O)O. The highest BCUT2D eigenvalue weighted by Gasteiger charge is 2.37. The number of hydrogen-bond acceptors (Lipinski definition) is 3. The van der Waals surface area contributed by atoms with Gasteiger partial charge < -0.3 is 9.84 Å². The Kier molecular flexibility index (Phi) is 5.40. The first kappa shape index (κ1) is 14.5. The number of carboxylic acid groups (broad SMARTS) is 1. The molecule has 0 aromatic carbocycles. The first-order valence-electron chi connectivity index (χ1n) is 6.61. The van der Waals surface area contributed by atoms with Gasteiger partial charge in [0.05, 0.1) is 11.5 Å². The Bertz CT molecular complexity index is 251. The number of aliphatic carboxylic acids is 1. The number of rotatable bonds is 5. The average Bonchev–Trinajstić information content (AvgIpc) is 2.50. The highest BCUT2D eigenvalue weighted by atomic mass is 16.5. The summed E-state index contributed by atoms with van der Waals surface area (Å²) < 4.78 is 5.59. The molecule has 4 heteroatoms. The summed E-state index contributed by atoms with van der Waals surface area (Å²) in [6.07, 6.45) is 2.57. The van der Waals surface area contributed by atoms with Gasteiger partial charge in [-0.25, -0.2) is 0 Å². The summed E-state index contributed by atoms with van der Waals surface area (Å²) in [4.78, 5) is 13.7. The van der Waals surface area contributed by atoms with E-state index in [-0.39, 0.29) is 6.10 Å². The Labute approximate surface area is 104 Å². The molecule has 0 aliphatic carbocycles. The van der Waals surface area contributed by atoms with Gasteiger partial charge in [0.1, 0.15) is 0 Å². The smallest absolute Gasteiger partial charge is 0.310 e. The molecule has 4 nitrogen and oxygen atoms in total. The molecule has 1 heterocycles. The number of carbonyl (C=O) groups is 1. The van der Waals surface area contributed by atoms with E-state index in [1.54, 1.807) is 0 Å². The second-order valence-corrected chi connectivity index (χ2v) is 5.06. The standard InChI is InChI=1S/C13H25NO3/c1-4-13(5-2,12(15)16)10-14-7-6-8-17-11(3)9-14/h11H,4-10H2,1-3H3,(H,15,16). The molecule has 0 radical (unpaired) electrons. The summed E-state index contributed by atoms with van der Waals surface area (Å²) in [7, 11) is 0. The van der Waals surface area contributed by atoms with Crippen molar-refractivity contribution in [2.75, 3.05) is 26.2 Å². The zero-order chi connectivity index (χ0) is 12.9. The Morgan fingerprint density at radius 3 is 2.65 bits per heavy atom. The number of hydrogen-bond donors (Lipinski definition) is 1. The van der Waals surface area contributed by atoms with Crippen LogP contribution in [0.1, 0.15) is 40.0 Å². The van der Waals surface area contributed by atoms with Crippen LogP contribution < -0.4 is 0 Å². The summed E-state index contributed by atoms with van der Waals surface area (Å²) in [5.41, 5.74) is -0.593. The van der Waals surface area contributed by atoms with Crippen LogP contribution in [0.15, 0.2) is 0 Å². The van der Waals surface area contributed by atoms with Crippen molar-refractivity contribution in [3.8, 4) is 0 Å². The van der Waals surface area contributed by atoms with E-state index >= 15 is 0 Å². The largest absolute Gasteiger partial charge is 0.481 e. The summed E-state index contributed by atoms with van der Waals surface area (Å²) in [5.74, 6) is -0.666. The molecule has 1 saturated heterocycles. The maximum atomic E-state index is 11.5. The maximum Gasteiger partial charge on any atom is 0.310 e. The van der Waals surface area contributed by atoms with Gasteiger partial charge in [-0.15, -0.1) is 0 Å². The molecule has 17 heavy (non-hydrogen) atoms. The molecule has 1 rings (SSSR count). The molecule has 0 bridgehead atoms. The Hall–Kier alpha value is -0.610. The van der Waals surface area contributed by atoms with E-state index in [2.05, 4.69) is 11.8 Å². The molecule has 0 spiro atoms. The van der Waals surface area contributed by atoms with E-state index in [4.69, 9.17) is 4.74 Å². The van der Waals surface area contributed by atoms with Crippen LogP contribution in [0, 0.1) is 5.41 Å². The summed E-state index contributed by atoms with van der Waals surface area (Å²) in [6, 6.07) is 0. The molecule has 1 N–H and O–H groups in total. The zero-order valence-corrected chi connectivity index (χ0v) is 11.2. The third kappa shape index (κ3) is 3.68. The van der Waals surface area contributed by atoms with E-state index < -0.39 is 11.4 Å². The summed E-state index contributed by atoms with van der Waals surface area (Å²) >= 11 is 0. The third-order valence-electron chi connectivity index (χ3n) is 3.87. The van der Waals surface area contributed by atoms with Gasteiger partial charge in [-0.2, -0.15) is 0 Å². The molecule has 0 saturated carbocycles. The second-order valence-electron chi connectivity index (χ2n) is 5.06. The monoisotopic (exact) mass is 243 g/mol. The molecular weight excluding hydrogens is 218 g/mol. The van der Waals surface area contributed by atoms with Crippen LogP contribution in [-0.2, 0) is 9.53 Å². The van der Waals surface area contributed by atoms with E-state index in [1.165, 1.54) is 0 Å². The first-order valence-corrected chi connectivity index (χ1v) is 6.61. The van der Waals surface area contributed by atoms with Gasteiger partial charge in [0.15, 0.2) is 0 Å². The topological polar surface area (TPSA) is 49.8 Å². The van der Waals surface area contributed by atoms with Crippen LogP contribution in [0.3, 0.4) is 0 Å². The van der Waals surface area contributed by atoms with Gasteiger partial charge in [-0.3, -0.25) is 9.69 Å². The van der Waals surface area contributed by atoms with Crippen LogP contribution in [0.2, 0.25) is 0 Å². The summed E-state index contributed by atoms with van der Waals surface area (Å²) in [5, 5.41) is 9.43. The number of carboxylic acids is 1. The molecule has 0 aromatic heterocycles. The lowest BCUT2D eigenvalue weighted by atomic mass is 9.81. The normalized spacial score (nSPS) is 23.4. The molecular formula is C13H25NO3. The fourth-order valence-electron chi connectivity index (χ4n) is 2.50. The first-order chi connectivity index (χ1) is 8.04. The van der Waals surface area contributed by atoms with Crippen molar-refractivity contribution in [2.45, 2.75) is 46.1 Å². The molecule has 1 fully saturated rings. The van der Waals surface area contributed by atoms with Gasteiger partial charge >= 0.3 is 5.97 Å². The number of nitrogens with zero attached hydrogens (tertiary/aromatic N) is 1. The predicted molar refractivity (Wildman–Crippen MR) is 67.1 cm³/mol. The zero-order valence-electron chi connectivity index (χ0n) is 11.2. The van der Waals surface area contributed by atoms with Crippen LogP contribution in [0.25, 0.3) is 0 Å². The van der Waals surface area contributed by atoms with E-state index in [1.807, 2.05) is 13.8 Å². The van der Waals surface area contributed by atoms with Crippen molar-refractivity contribution in [2.24, 2.45) is 5.41 Å². The molecule has 0 aromatic rings. The van der Waals surface area contributed by atoms with Gasteiger partial charge in [-0.05, 0) is 26.2 Å². The highest BCUT2D eigenvalue weighted by molar-refractivity contribution is 5.74. The molecule has 1 aliphatic rings. The van der Waals surface area contributed by atoms with Gasteiger partial charge in [0.2, 0.25) is 0 Å². The lowest BCUT2D eigenvalue weighted by molar-refractivity contribution is -0.151. The lowest BCUT2D eigenvalue weighted by Crippen LogP contribution is -2.44. The van der Waals surface area contributed by atoms with E-state index in [0.29, 0.717) is 19.4 Å². The summed E-state index contributed by atoms with van der Waals surface area (Å²) in [6.45, 7) is 9.21. The maximum absolute atomic E-state index is 11.5. The third-order valence-corrected chi connectivity index (χ3v) is 3.87. The fraction of sp³-hybridized carbons (Fsp3) is 0.923. The molecule has 0 amide bonds.